The summed E-state index contributed by atoms with van der Waals surface area (Å²) in [5, 5.41) is 21.2. The molecule has 0 radical (unpaired) electrons. The number of nitrogens with zero attached hydrogens (tertiary/aromatic N) is 2. The Kier molecular flexibility index (Phi) is 5.07. The van der Waals surface area contributed by atoms with Crippen molar-refractivity contribution in [3.63, 3.8) is 0 Å². The minimum absolute atomic E-state index is 0.0741. The summed E-state index contributed by atoms with van der Waals surface area (Å²) >= 11 is 0. The van der Waals surface area contributed by atoms with E-state index in [1.165, 1.54) is 12.4 Å². The molecule has 0 aromatic carbocycles. The average molecular weight is 317 g/mol. The first-order valence-electron chi connectivity index (χ1n) is 7.13. The summed E-state index contributed by atoms with van der Waals surface area (Å²) in [6, 6.07) is 4.97. The predicted molar refractivity (Wildman–Crippen MR) is 84.0 cm³/mol. The number of anilines is 1. The van der Waals surface area contributed by atoms with Crippen LogP contribution in [0.3, 0.4) is 0 Å². The smallest absolute Gasteiger partial charge is 0.274 e. The lowest BCUT2D eigenvalue weighted by Crippen LogP contribution is -2.31. The SMILES string of the molecule is CC(C)(O)CCNC(=O)c1n[nH]cc1NC(=O)c1ccccn1. The van der Waals surface area contributed by atoms with Crippen LogP contribution in [-0.2, 0) is 0 Å². The van der Waals surface area contributed by atoms with Crippen LogP contribution in [0.15, 0.2) is 30.6 Å². The first kappa shape index (κ1) is 16.6. The summed E-state index contributed by atoms with van der Waals surface area (Å²) in [4.78, 5) is 28.1. The average Bonchev–Trinajstić information content (AvgIpc) is 2.95. The molecule has 23 heavy (non-hydrogen) atoms. The normalized spacial score (nSPS) is 11.1. The Morgan fingerprint density at radius 1 is 1.30 bits per heavy atom. The number of aromatic nitrogens is 3. The summed E-state index contributed by atoms with van der Waals surface area (Å²) in [5.74, 6) is -0.871. The van der Waals surface area contributed by atoms with Crippen LogP contribution in [0.25, 0.3) is 0 Å². The van der Waals surface area contributed by atoms with E-state index in [-0.39, 0.29) is 17.1 Å². The van der Waals surface area contributed by atoms with E-state index in [4.69, 9.17) is 0 Å². The molecule has 0 unspecified atom stereocenters. The van der Waals surface area contributed by atoms with Gasteiger partial charge in [0.25, 0.3) is 11.8 Å². The molecule has 0 fully saturated rings. The number of nitrogens with one attached hydrogen (secondary N) is 3. The second kappa shape index (κ2) is 7.01. The zero-order valence-corrected chi connectivity index (χ0v) is 13.0. The van der Waals surface area contributed by atoms with Crippen molar-refractivity contribution in [1.29, 1.82) is 0 Å². The fourth-order valence-electron chi connectivity index (χ4n) is 1.81. The number of amides is 2. The van der Waals surface area contributed by atoms with E-state index in [0.29, 0.717) is 13.0 Å². The number of hydrogen-bond donors (Lipinski definition) is 4. The molecule has 0 spiro atoms. The molecule has 0 aliphatic carbocycles. The number of carbonyl (C=O) groups is 2. The Balaban J connectivity index is 1.99. The maximum Gasteiger partial charge on any atom is 0.274 e. The molecule has 2 aromatic rings. The fourth-order valence-corrected chi connectivity index (χ4v) is 1.81. The third kappa shape index (κ3) is 4.89. The van der Waals surface area contributed by atoms with Gasteiger partial charge in [-0.3, -0.25) is 19.7 Å². The summed E-state index contributed by atoms with van der Waals surface area (Å²) in [5.41, 5.74) is -0.289. The zero-order valence-electron chi connectivity index (χ0n) is 13.0. The highest BCUT2D eigenvalue weighted by Crippen LogP contribution is 2.13. The molecule has 2 heterocycles. The number of aliphatic hydroxyl groups is 1. The third-order valence-corrected chi connectivity index (χ3v) is 3.02. The lowest BCUT2D eigenvalue weighted by molar-refractivity contribution is 0.0692. The topological polar surface area (TPSA) is 120 Å². The molecular formula is C15H19N5O3. The van der Waals surface area contributed by atoms with Gasteiger partial charge in [-0.2, -0.15) is 5.10 Å². The monoisotopic (exact) mass is 317 g/mol. The van der Waals surface area contributed by atoms with Gasteiger partial charge in [0.05, 0.1) is 11.3 Å². The van der Waals surface area contributed by atoms with Gasteiger partial charge in [-0.25, -0.2) is 0 Å². The van der Waals surface area contributed by atoms with Crippen molar-refractivity contribution in [3.05, 3.63) is 42.0 Å². The Bertz CT molecular complexity index is 676. The van der Waals surface area contributed by atoms with Crippen LogP contribution in [-0.4, -0.2) is 44.2 Å². The minimum Gasteiger partial charge on any atom is -0.390 e. The van der Waals surface area contributed by atoms with Gasteiger partial charge in [-0.15, -0.1) is 0 Å². The molecule has 0 aliphatic heterocycles. The Labute approximate surface area is 133 Å². The van der Waals surface area contributed by atoms with Crippen molar-refractivity contribution in [2.24, 2.45) is 0 Å². The molecule has 0 bridgehead atoms. The van der Waals surface area contributed by atoms with Crippen molar-refractivity contribution < 1.29 is 14.7 Å². The number of pyridine rings is 1. The van der Waals surface area contributed by atoms with E-state index in [1.54, 1.807) is 32.0 Å². The standard InChI is InChI=1S/C15H19N5O3/c1-15(2,23)6-8-17-14(22)12-11(9-18-20-12)19-13(21)10-5-3-4-7-16-10/h3-5,7,9,23H,6,8H2,1-2H3,(H,17,22)(H,18,20)(H,19,21). The predicted octanol–water partition coefficient (Wildman–Crippen LogP) is 0.948. The number of H-pyrrole nitrogens is 1. The van der Waals surface area contributed by atoms with E-state index >= 15 is 0 Å². The summed E-state index contributed by atoms with van der Waals surface area (Å²) in [6.45, 7) is 3.61. The first-order chi connectivity index (χ1) is 10.9. The lowest BCUT2D eigenvalue weighted by Gasteiger charge is -2.16. The molecule has 0 atom stereocenters. The second-order valence-corrected chi connectivity index (χ2v) is 5.63. The van der Waals surface area contributed by atoms with Crippen LogP contribution in [0.1, 0.15) is 41.2 Å². The van der Waals surface area contributed by atoms with E-state index < -0.39 is 17.4 Å². The van der Waals surface area contributed by atoms with Gasteiger partial charge in [-0.05, 0) is 32.4 Å². The van der Waals surface area contributed by atoms with Gasteiger partial charge in [0.15, 0.2) is 5.69 Å². The van der Waals surface area contributed by atoms with Crippen LogP contribution in [0.4, 0.5) is 5.69 Å². The van der Waals surface area contributed by atoms with Gasteiger partial charge in [-0.1, -0.05) is 6.07 Å². The van der Waals surface area contributed by atoms with Gasteiger partial charge >= 0.3 is 0 Å². The lowest BCUT2D eigenvalue weighted by atomic mass is 10.1. The van der Waals surface area contributed by atoms with Gasteiger partial charge in [0.2, 0.25) is 0 Å². The van der Waals surface area contributed by atoms with Gasteiger partial charge < -0.3 is 15.7 Å². The maximum absolute atomic E-state index is 12.1. The van der Waals surface area contributed by atoms with Crippen LogP contribution >= 0.6 is 0 Å². The summed E-state index contributed by atoms with van der Waals surface area (Å²) < 4.78 is 0. The molecule has 122 valence electrons. The highest BCUT2D eigenvalue weighted by atomic mass is 16.3. The van der Waals surface area contributed by atoms with Gasteiger partial charge in [0.1, 0.15) is 5.69 Å². The molecule has 8 heteroatoms. The number of carbonyl (C=O) groups excluding carboxylic acids is 2. The summed E-state index contributed by atoms with van der Waals surface area (Å²) in [6.07, 6.45) is 3.33. The number of aromatic amines is 1. The molecule has 0 saturated carbocycles. The Morgan fingerprint density at radius 2 is 2.09 bits per heavy atom. The van der Waals surface area contributed by atoms with E-state index in [1.807, 2.05) is 0 Å². The quantitative estimate of drug-likeness (QED) is 0.632. The molecule has 2 amide bonds. The van der Waals surface area contributed by atoms with Crippen molar-refractivity contribution >= 4 is 17.5 Å². The highest BCUT2D eigenvalue weighted by Gasteiger charge is 2.19. The van der Waals surface area contributed by atoms with E-state index in [9.17, 15) is 14.7 Å². The zero-order chi connectivity index (χ0) is 16.9. The fraction of sp³-hybridized carbons (Fsp3) is 0.333. The van der Waals surface area contributed by atoms with Crippen molar-refractivity contribution in [2.45, 2.75) is 25.9 Å². The van der Waals surface area contributed by atoms with Crippen molar-refractivity contribution in [1.82, 2.24) is 20.5 Å². The van der Waals surface area contributed by atoms with Crippen LogP contribution < -0.4 is 10.6 Å². The van der Waals surface area contributed by atoms with Gasteiger partial charge in [0, 0.05) is 18.9 Å². The second-order valence-electron chi connectivity index (χ2n) is 5.63. The van der Waals surface area contributed by atoms with Crippen LogP contribution in [0.5, 0.6) is 0 Å². The Morgan fingerprint density at radius 3 is 2.74 bits per heavy atom. The van der Waals surface area contributed by atoms with Crippen LogP contribution in [0, 0.1) is 0 Å². The molecule has 0 aliphatic rings. The minimum atomic E-state index is -0.866. The molecule has 2 rings (SSSR count). The maximum atomic E-state index is 12.1. The number of rotatable bonds is 6. The number of hydrogen-bond acceptors (Lipinski definition) is 5. The van der Waals surface area contributed by atoms with Crippen LogP contribution in [0.2, 0.25) is 0 Å². The van der Waals surface area contributed by atoms with Crippen molar-refractivity contribution in [3.8, 4) is 0 Å². The molecular weight excluding hydrogens is 298 g/mol. The van der Waals surface area contributed by atoms with E-state index in [2.05, 4.69) is 25.8 Å². The molecule has 8 nitrogen and oxygen atoms in total. The van der Waals surface area contributed by atoms with Crippen molar-refractivity contribution in [2.75, 3.05) is 11.9 Å². The molecule has 0 saturated heterocycles. The summed E-state index contributed by atoms with van der Waals surface area (Å²) in [7, 11) is 0. The highest BCUT2D eigenvalue weighted by molar-refractivity contribution is 6.07. The van der Waals surface area contributed by atoms with E-state index in [0.717, 1.165) is 0 Å². The molecule has 2 aromatic heterocycles. The molecule has 4 N–H and O–H groups in total. The third-order valence-electron chi connectivity index (χ3n) is 3.02. The Hall–Kier alpha value is -2.74. The largest absolute Gasteiger partial charge is 0.390 e. The first-order valence-corrected chi connectivity index (χ1v) is 7.13.